The van der Waals surface area contributed by atoms with Crippen LogP contribution in [0, 0.1) is 5.82 Å². The van der Waals surface area contributed by atoms with Gasteiger partial charge in [0.15, 0.2) is 5.82 Å². The maximum atomic E-state index is 14.3. The summed E-state index contributed by atoms with van der Waals surface area (Å²) in [4.78, 5) is 13.0. The van der Waals surface area contributed by atoms with Gasteiger partial charge in [-0.25, -0.2) is 14.4 Å². The van der Waals surface area contributed by atoms with Gasteiger partial charge in [-0.15, -0.1) is 0 Å². The molecule has 138 valence electrons. The number of rotatable bonds is 8. The molecule has 1 aliphatic rings. The monoisotopic (exact) mass is 385 g/mol. The fourth-order valence-corrected chi connectivity index (χ4v) is 3.86. The second-order valence-corrected chi connectivity index (χ2v) is 7.36. The highest BCUT2D eigenvalue weighted by Gasteiger charge is 2.21. The van der Waals surface area contributed by atoms with Gasteiger partial charge in [0.2, 0.25) is 5.95 Å². The Morgan fingerprint density at radius 3 is 2.84 bits per heavy atom. The van der Waals surface area contributed by atoms with Crippen molar-refractivity contribution in [3.05, 3.63) is 23.4 Å². The SMILES string of the molecule is C=N/C(C)=C(\SCOC)c1nc(NC2CCN(SC)CC2)ncc1F. The standard InChI is InChI=1S/C16H24FN5OS2/c1-11(18-2)15(25-10-23-3)14-13(17)9-19-16(21-14)20-12-5-7-22(24-4)8-6-12/h9,12H,2,5-8,10H2,1,3-4H3,(H,19,20,21)/b15-11-. The number of thioether (sulfide) groups is 1. The Kier molecular flexibility index (Phi) is 8.14. The Hall–Kier alpha value is -1.16. The van der Waals surface area contributed by atoms with E-state index in [4.69, 9.17) is 4.74 Å². The third-order valence-corrected chi connectivity index (χ3v) is 5.90. The van der Waals surface area contributed by atoms with Gasteiger partial charge in [-0.2, -0.15) is 0 Å². The van der Waals surface area contributed by atoms with Gasteiger partial charge in [0.1, 0.15) is 5.69 Å². The van der Waals surface area contributed by atoms with Crippen LogP contribution in [0.1, 0.15) is 25.5 Å². The molecule has 0 radical (unpaired) electrons. The minimum Gasteiger partial charge on any atom is -0.374 e. The highest BCUT2D eigenvalue weighted by molar-refractivity contribution is 8.08. The zero-order valence-corrected chi connectivity index (χ0v) is 16.4. The molecule has 0 bridgehead atoms. The summed E-state index contributed by atoms with van der Waals surface area (Å²) in [5.74, 6) is 0.331. The van der Waals surface area contributed by atoms with Gasteiger partial charge in [0.25, 0.3) is 0 Å². The topological polar surface area (TPSA) is 62.6 Å². The van der Waals surface area contributed by atoms with E-state index in [1.807, 2.05) is 0 Å². The number of nitrogens with zero attached hydrogens (tertiary/aromatic N) is 4. The third-order valence-electron chi connectivity index (χ3n) is 3.89. The van der Waals surface area contributed by atoms with Crippen molar-refractivity contribution in [1.82, 2.24) is 14.3 Å². The van der Waals surface area contributed by atoms with Crippen LogP contribution in [0.3, 0.4) is 0 Å². The molecule has 1 aliphatic heterocycles. The molecule has 0 unspecified atom stereocenters. The molecule has 0 aromatic carbocycles. The number of hydrogen-bond acceptors (Lipinski definition) is 8. The van der Waals surface area contributed by atoms with Crippen molar-refractivity contribution in [3.63, 3.8) is 0 Å². The molecule has 0 saturated carbocycles. The van der Waals surface area contributed by atoms with Gasteiger partial charge < -0.3 is 10.1 Å². The number of aromatic nitrogens is 2. The first kappa shape index (κ1) is 20.2. The highest BCUT2D eigenvalue weighted by Crippen LogP contribution is 2.32. The highest BCUT2D eigenvalue weighted by atomic mass is 32.2. The first-order valence-electron chi connectivity index (χ1n) is 7.96. The lowest BCUT2D eigenvalue weighted by molar-refractivity contribution is 0.259. The summed E-state index contributed by atoms with van der Waals surface area (Å²) >= 11 is 3.10. The molecule has 2 heterocycles. The molecule has 0 amide bonds. The first-order valence-corrected chi connectivity index (χ1v) is 10.1. The number of hydrogen-bond donors (Lipinski definition) is 1. The molecular weight excluding hydrogens is 361 g/mol. The maximum absolute atomic E-state index is 14.3. The summed E-state index contributed by atoms with van der Waals surface area (Å²) in [6.07, 6.45) is 5.30. The third kappa shape index (κ3) is 5.67. The smallest absolute Gasteiger partial charge is 0.223 e. The van der Waals surface area contributed by atoms with Gasteiger partial charge in [-0.1, -0.05) is 23.7 Å². The van der Waals surface area contributed by atoms with Crippen molar-refractivity contribution in [2.45, 2.75) is 25.8 Å². The fourth-order valence-electron chi connectivity index (χ4n) is 2.49. The Morgan fingerprint density at radius 2 is 2.24 bits per heavy atom. The molecule has 1 saturated heterocycles. The second kappa shape index (κ2) is 10.1. The predicted octanol–water partition coefficient (Wildman–Crippen LogP) is 3.50. The number of allylic oxidation sites excluding steroid dienone is 1. The Labute approximate surface area is 156 Å². The summed E-state index contributed by atoms with van der Waals surface area (Å²) in [6.45, 7) is 7.33. The van der Waals surface area contributed by atoms with Crippen LogP contribution < -0.4 is 5.32 Å². The van der Waals surface area contributed by atoms with Gasteiger partial charge in [-0.05, 0) is 32.7 Å². The van der Waals surface area contributed by atoms with E-state index < -0.39 is 5.82 Å². The quantitative estimate of drug-likeness (QED) is 0.417. The van der Waals surface area contributed by atoms with Crippen molar-refractivity contribution in [2.75, 3.05) is 37.7 Å². The van der Waals surface area contributed by atoms with E-state index in [0.717, 1.165) is 25.9 Å². The lowest BCUT2D eigenvalue weighted by Gasteiger charge is -2.30. The molecule has 9 heteroatoms. The van der Waals surface area contributed by atoms with Crippen LogP contribution in [0.4, 0.5) is 10.3 Å². The van der Waals surface area contributed by atoms with Crippen LogP contribution in [0.15, 0.2) is 16.9 Å². The molecule has 1 aromatic rings. The number of methoxy groups -OCH3 is 1. The summed E-state index contributed by atoms with van der Waals surface area (Å²) in [7, 11) is 1.59. The van der Waals surface area contributed by atoms with Gasteiger partial charge >= 0.3 is 0 Å². The van der Waals surface area contributed by atoms with Crippen LogP contribution in [-0.2, 0) is 4.74 Å². The van der Waals surface area contributed by atoms with Crippen molar-refractivity contribution in [1.29, 1.82) is 0 Å². The molecular formula is C16H24FN5OS2. The molecule has 1 N–H and O–H groups in total. The lowest BCUT2D eigenvalue weighted by atomic mass is 10.1. The predicted molar refractivity (Wildman–Crippen MR) is 105 cm³/mol. The van der Waals surface area contributed by atoms with Gasteiger partial charge in [0, 0.05) is 26.2 Å². The lowest BCUT2D eigenvalue weighted by Crippen LogP contribution is -2.35. The van der Waals surface area contributed by atoms with Crippen molar-refractivity contribution in [3.8, 4) is 0 Å². The molecule has 0 atom stereocenters. The molecule has 25 heavy (non-hydrogen) atoms. The van der Waals surface area contributed by atoms with E-state index in [2.05, 4.69) is 37.6 Å². The number of halogens is 1. The molecule has 0 aliphatic carbocycles. The average Bonchev–Trinajstić information content (AvgIpc) is 2.64. The van der Waals surface area contributed by atoms with E-state index in [1.54, 1.807) is 26.0 Å². The van der Waals surface area contributed by atoms with Crippen molar-refractivity contribution >= 4 is 41.3 Å². The number of piperidine rings is 1. The van der Waals surface area contributed by atoms with Crippen molar-refractivity contribution in [2.24, 2.45) is 4.99 Å². The van der Waals surface area contributed by atoms with Crippen molar-refractivity contribution < 1.29 is 9.13 Å². The molecule has 1 aromatic heterocycles. The van der Waals surface area contributed by atoms with Crippen LogP contribution in [-0.4, -0.2) is 59.4 Å². The molecule has 6 nitrogen and oxygen atoms in total. The summed E-state index contributed by atoms with van der Waals surface area (Å²) in [6, 6.07) is 0.291. The zero-order chi connectivity index (χ0) is 18.2. The second-order valence-electron chi connectivity index (χ2n) is 5.54. The average molecular weight is 386 g/mol. The van der Waals surface area contributed by atoms with E-state index in [-0.39, 0.29) is 5.69 Å². The maximum Gasteiger partial charge on any atom is 0.223 e. The van der Waals surface area contributed by atoms with E-state index >= 15 is 0 Å². The van der Waals surface area contributed by atoms with Crippen LogP contribution in [0.2, 0.25) is 0 Å². The summed E-state index contributed by atoms with van der Waals surface area (Å²) < 4.78 is 21.7. The van der Waals surface area contributed by atoms with Crippen LogP contribution >= 0.6 is 23.7 Å². The number of aliphatic imine (C=N–C) groups is 1. The van der Waals surface area contributed by atoms with Crippen LogP contribution in [0.5, 0.6) is 0 Å². The molecule has 2 rings (SSSR count). The number of ether oxygens (including phenoxy) is 1. The fraction of sp³-hybridized carbons (Fsp3) is 0.562. The number of anilines is 1. The van der Waals surface area contributed by atoms with Crippen LogP contribution in [0.25, 0.3) is 4.91 Å². The van der Waals surface area contributed by atoms with E-state index in [9.17, 15) is 4.39 Å². The minimum absolute atomic E-state index is 0.228. The van der Waals surface area contributed by atoms with Gasteiger partial charge in [-0.3, -0.25) is 9.30 Å². The first-order chi connectivity index (χ1) is 12.1. The zero-order valence-electron chi connectivity index (χ0n) is 14.8. The Balaban J connectivity index is 2.17. The Morgan fingerprint density at radius 1 is 1.52 bits per heavy atom. The Bertz CT molecular complexity index is 621. The normalized spacial score (nSPS) is 17.3. The molecule has 1 fully saturated rings. The summed E-state index contributed by atoms with van der Waals surface area (Å²) in [5.41, 5.74) is 0.838. The summed E-state index contributed by atoms with van der Waals surface area (Å²) in [5, 5.41) is 3.33. The largest absolute Gasteiger partial charge is 0.374 e. The van der Waals surface area contributed by atoms with Gasteiger partial charge in [0.05, 0.1) is 22.7 Å². The molecule has 0 spiro atoms. The van der Waals surface area contributed by atoms with E-state index in [1.165, 1.54) is 18.0 Å². The minimum atomic E-state index is -0.482. The van der Waals surface area contributed by atoms with E-state index in [0.29, 0.717) is 28.5 Å². The number of nitrogens with one attached hydrogen (secondary N) is 1.